The largest absolute Gasteiger partial charge is 0.358 e. The van der Waals surface area contributed by atoms with E-state index in [-0.39, 0.29) is 29.6 Å². The summed E-state index contributed by atoms with van der Waals surface area (Å²) in [5, 5.41) is 3.54. The van der Waals surface area contributed by atoms with Gasteiger partial charge in [0.05, 0.1) is 11.3 Å². The van der Waals surface area contributed by atoms with Crippen LogP contribution in [-0.4, -0.2) is 36.7 Å². The summed E-state index contributed by atoms with van der Waals surface area (Å²) in [6.07, 6.45) is 2.93. The Labute approximate surface area is 181 Å². The zero-order valence-corrected chi connectivity index (χ0v) is 18.3. The summed E-state index contributed by atoms with van der Waals surface area (Å²) in [7, 11) is -3.52. The highest BCUT2D eigenvalue weighted by atomic mass is 32.2. The first-order valence-corrected chi connectivity index (χ1v) is 11.9. The highest BCUT2D eigenvalue weighted by Gasteiger charge is 2.26. The van der Waals surface area contributed by atoms with Gasteiger partial charge in [-0.15, -0.1) is 0 Å². The number of aromatic amines is 1. The van der Waals surface area contributed by atoms with Gasteiger partial charge in [-0.3, -0.25) is 4.79 Å². The van der Waals surface area contributed by atoms with Gasteiger partial charge in [-0.25, -0.2) is 12.8 Å². The molecule has 1 amide bonds. The van der Waals surface area contributed by atoms with Gasteiger partial charge in [0.25, 0.3) is 0 Å². The summed E-state index contributed by atoms with van der Waals surface area (Å²) in [5.74, 6) is -0.558. The smallest absolute Gasteiger partial charge is 0.243 e. The molecule has 164 valence electrons. The average Bonchev–Trinajstić information content (AvgIpc) is 3.07. The molecule has 0 spiro atoms. The van der Waals surface area contributed by atoms with E-state index in [1.54, 1.807) is 30.3 Å². The molecule has 0 aliphatic carbocycles. The minimum atomic E-state index is -3.52. The Morgan fingerprint density at radius 3 is 2.68 bits per heavy atom. The molecule has 0 radical (unpaired) electrons. The molecule has 2 aromatic carbocycles. The van der Waals surface area contributed by atoms with Crippen molar-refractivity contribution in [2.75, 3.05) is 13.1 Å². The summed E-state index contributed by atoms with van der Waals surface area (Å²) in [6, 6.07) is 11.2. The first-order chi connectivity index (χ1) is 14.8. The van der Waals surface area contributed by atoms with Crippen molar-refractivity contribution >= 4 is 26.8 Å². The standard InChI is InChI=1S/C23H26FN3O3S/c1-16-20(21-13-18(24)8-9-22(21)26-16)14-23(28)25-15-17-6-5-7-19(12-17)31(29,30)27-10-3-2-4-11-27/h5-9,12-13,26H,2-4,10-11,14-15H2,1H3,(H,25,28). The summed E-state index contributed by atoms with van der Waals surface area (Å²) in [5.41, 5.74) is 3.09. The number of nitrogens with zero attached hydrogens (tertiary/aromatic N) is 1. The molecule has 0 atom stereocenters. The van der Waals surface area contributed by atoms with Gasteiger partial charge in [-0.1, -0.05) is 18.6 Å². The third kappa shape index (κ3) is 4.65. The zero-order valence-electron chi connectivity index (χ0n) is 17.4. The molecule has 8 heteroatoms. The Morgan fingerprint density at radius 2 is 1.90 bits per heavy atom. The highest BCUT2D eigenvalue weighted by Crippen LogP contribution is 2.24. The molecule has 2 heterocycles. The number of amides is 1. The van der Waals surface area contributed by atoms with Crippen LogP contribution in [0.2, 0.25) is 0 Å². The molecule has 0 saturated carbocycles. The van der Waals surface area contributed by atoms with E-state index in [0.717, 1.165) is 36.0 Å². The fourth-order valence-electron chi connectivity index (χ4n) is 4.08. The Hall–Kier alpha value is -2.71. The van der Waals surface area contributed by atoms with Crippen molar-refractivity contribution in [3.63, 3.8) is 0 Å². The normalized spacial score (nSPS) is 15.3. The second-order valence-electron chi connectivity index (χ2n) is 7.98. The number of aryl methyl sites for hydroxylation is 1. The van der Waals surface area contributed by atoms with Gasteiger partial charge < -0.3 is 10.3 Å². The number of halogens is 1. The molecule has 1 saturated heterocycles. The maximum Gasteiger partial charge on any atom is 0.243 e. The molecule has 2 N–H and O–H groups in total. The minimum Gasteiger partial charge on any atom is -0.358 e. The predicted molar refractivity (Wildman–Crippen MR) is 118 cm³/mol. The lowest BCUT2D eigenvalue weighted by Crippen LogP contribution is -2.35. The number of rotatable bonds is 6. The van der Waals surface area contributed by atoms with Crippen LogP contribution in [0.3, 0.4) is 0 Å². The van der Waals surface area contributed by atoms with Crippen molar-refractivity contribution in [3.05, 3.63) is 65.1 Å². The molecule has 1 fully saturated rings. The fourth-order valence-corrected chi connectivity index (χ4v) is 5.66. The molecule has 1 aliphatic heterocycles. The topological polar surface area (TPSA) is 82.3 Å². The van der Waals surface area contributed by atoms with E-state index in [2.05, 4.69) is 10.3 Å². The minimum absolute atomic E-state index is 0.112. The maximum atomic E-state index is 13.6. The fraction of sp³-hybridized carbons (Fsp3) is 0.348. The zero-order chi connectivity index (χ0) is 22.0. The van der Waals surface area contributed by atoms with Crippen LogP contribution < -0.4 is 5.32 Å². The first-order valence-electron chi connectivity index (χ1n) is 10.5. The number of benzene rings is 2. The van der Waals surface area contributed by atoms with Gasteiger partial charge in [-0.2, -0.15) is 4.31 Å². The molecule has 6 nitrogen and oxygen atoms in total. The monoisotopic (exact) mass is 443 g/mol. The molecular weight excluding hydrogens is 417 g/mol. The molecule has 1 aromatic heterocycles. The molecular formula is C23H26FN3O3S. The Balaban J connectivity index is 1.44. The van der Waals surface area contributed by atoms with Crippen molar-refractivity contribution in [2.45, 2.75) is 44.0 Å². The second-order valence-corrected chi connectivity index (χ2v) is 9.92. The Kier molecular flexibility index (Phi) is 6.11. The van der Waals surface area contributed by atoms with Crippen molar-refractivity contribution in [3.8, 4) is 0 Å². The maximum absolute atomic E-state index is 13.6. The van der Waals surface area contributed by atoms with Crippen molar-refractivity contribution in [1.82, 2.24) is 14.6 Å². The number of hydrogen-bond acceptors (Lipinski definition) is 3. The predicted octanol–water partition coefficient (Wildman–Crippen LogP) is 3.65. The van der Waals surface area contributed by atoms with E-state index < -0.39 is 10.0 Å². The molecule has 31 heavy (non-hydrogen) atoms. The summed E-state index contributed by atoms with van der Waals surface area (Å²) in [4.78, 5) is 16.0. The summed E-state index contributed by atoms with van der Waals surface area (Å²) < 4.78 is 40.9. The van der Waals surface area contributed by atoms with Crippen LogP contribution in [0.5, 0.6) is 0 Å². The van der Waals surface area contributed by atoms with Gasteiger partial charge in [-0.05, 0) is 61.2 Å². The number of H-pyrrole nitrogens is 1. The van der Waals surface area contributed by atoms with Crippen LogP contribution in [0, 0.1) is 12.7 Å². The van der Waals surface area contributed by atoms with Crippen LogP contribution >= 0.6 is 0 Å². The van der Waals surface area contributed by atoms with E-state index in [4.69, 9.17) is 0 Å². The molecule has 4 rings (SSSR count). The lowest BCUT2D eigenvalue weighted by Gasteiger charge is -2.26. The van der Waals surface area contributed by atoms with Gasteiger partial charge in [0.1, 0.15) is 5.82 Å². The average molecular weight is 444 g/mol. The van der Waals surface area contributed by atoms with E-state index in [9.17, 15) is 17.6 Å². The number of fused-ring (bicyclic) bond motifs is 1. The number of hydrogen-bond donors (Lipinski definition) is 2. The highest BCUT2D eigenvalue weighted by molar-refractivity contribution is 7.89. The summed E-state index contributed by atoms with van der Waals surface area (Å²) in [6.45, 7) is 3.18. The Bertz CT molecular complexity index is 1210. The second kappa shape index (κ2) is 8.80. The lowest BCUT2D eigenvalue weighted by molar-refractivity contribution is -0.120. The van der Waals surface area contributed by atoms with Crippen LogP contribution in [0.15, 0.2) is 47.4 Å². The summed E-state index contributed by atoms with van der Waals surface area (Å²) >= 11 is 0. The van der Waals surface area contributed by atoms with Crippen molar-refractivity contribution in [2.24, 2.45) is 0 Å². The van der Waals surface area contributed by atoms with Crippen molar-refractivity contribution in [1.29, 1.82) is 0 Å². The van der Waals surface area contributed by atoms with E-state index in [1.807, 2.05) is 6.92 Å². The number of carbonyl (C=O) groups excluding carboxylic acids is 1. The lowest BCUT2D eigenvalue weighted by atomic mass is 10.1. The van der Waals surface area contributed by atoms with Gasteiger partial charge >= 0.3 is 0 Å². The third-order valence-electron chi connectivity index (χ3n) is 5.76. The SMILES string of the molecule is Cc1[nH]c2ccc(F)cc2c1CC(=O)NCc1cccc(S(=O)(=O)N2CCCCC2)c1. The number of nitrogens with one attached hydrogen (secondary N) is 2. The van der Waals surface area contributed by atoms with Gasteiger partial charge in [0.2, 0.25) is 15.9 Å². The molecule has 0 unspecified atom stereocenters. The van der Waals surface area contributed by atoms with Crippen LogP contribution in [-0.2, 0) is 27.8 Å². The molecule has 0 bridgehead atoms. The van der Waals surface area contributed by atoms with Crippen molar-refractivity contribution < 1.29 is 17.6 Å². The van der Waals surface area contributed by atoms with E-state index in [1.165, 1.54) is 16.4 Å². The van der Waals surface area contributed by atoms with E-state index in [0.29, 0.717) is 24.0 Å². The number of aromatic nitrogens is 1. The van der Waals surface area contributed by atoms with Crippen LogP contribution in [0.1, 0.15) is 36.1 Å². The number of sulfonamides is 1. The molecule has 1 aliphatic rings. The van der Waals surface area contributed by atoms with Gasteiger partial charge in [0.15, 0.2) is 0 Å². The number of carbonyl (C=O) groups is 1. The quantitative estimate of drug-likeness (QED) is 0.610. The first kappa shape index (κ1) is 21.5. The van der Waals surface area contributed by atoms with Crippen LogP contribution in [0.4, 0.5) is 4.39 Å². The Morgan fingerprint density at radius 1 is 1.13 bits per heavy atom. The third-order valence-corrected chi connectivity index (χ3v) is 7.65. The van der Waals surface area contributed by atoms with E-state index >= 15 is 0 Å². The number of piperidine rings is 1. The van der Waals surface area contributed by atoms with Gasteiger partial charge in [0, 0.05) is 36.2 Å². The van der Waals surface area contributed by atoms with Crippen LogP contribution in [0.25, 0.3) is 10.9 Å². The molecule has 3 aromatic rings.